The fraction of sp³-hybridized carbons (Fsp3) is 0.400. The van der Waals surface area contributed by atoms with E-state index in [0.717, 1.165) is 0 Å². The van der Waals surface area contributed by atoms with Crippen molar-refractivity contribution in [2.24, 2.45) is 0 Å². The predicted octanol–water partition coefficient (Wildman–Crippen LogP) is 1.02. The molecule has 0 aliphatic rings. The zero-order valence-electron chi connectivity index (χ0n) is 9.21. The molecular formula is C10H13N5O. The van der Waals surface area contributed by atoms with E-state index in [1.807, 2.05) is 0 Å². The third-order valence-corrected chi connectivity index (χ3v) is 1.92. The van der Waals surface area contributed by atoms with Gasteiger partial charge in [-0.1, -0.05) is 19.0 Å². The number of hydrogen-bond donors (Lipinski definition) is 1. The van der Waals surface area contributed by atoms with Crippen LogP contribution in [-0.4, -0.2) is 26.2 Å². The maximum absolute atomic E-state index is 5.08. The molecule has 84 valence electrons. The average Bonchev–Trinajstić information content (AvgIpc) is 2.76. The molecule has 0 unspecified atom stereocenters. The lowest BCUT2D eigenvalue weighted by Crippen LogP contribution is -2.21. The maximum Gasteiger partial charge on any atom is 0.240 e. The van der Waals surface area contributed by atoms with Gasteiger partial charge in [0.2, 0.25) is 11.7 Å². The molecule has 0 aliphatic carbocycles. The van der Waals surface area contributed by atoms with Crippen molar-refractivity contribution in [2.45, 2.75) is 26.4 Å². The van der Waals surface area contributed by atoms with Gasteiger partial charge >= 0.3 is 0 Å². The molecular weight excluding hydrogens is 206 g/mol. The summed E-state index contributed by atoms with van der Waals surface area (Å²) in [5.41, 5.74) is 0.613. The smallest absolute Gasteiger partial charge is 0.240 e. The fourth-order valence-corrected chi connectivity index (χ4v) is 1.14. The summed E-state index contributed by atoms with van der Waals surface area (Å²) in [7, 11) is 0. The van der Waals surface area contributed by atoms with Crippen LogP contribution in [0.3, 0.4) is 0 Å². The summed E-state index contributed by atoms with van der Waals surface area (Å²) < 4.78 is 5.08. The van der Waals surface area contributed by atoms with E-state index in [1.165, 1.54) is 0 Å². The molecule has 0 bridgehead atoms. The minimum atomic E-state index is 0.381. The Bertz CT molecular complexity index is 439. The second-order valence-electron chi connectivity index (χ2n) is 3.64. The highest BCUT2D eigenvalue weighted by atomic mass is 16.5. The van der Waals surface area contributed by atoms with Gasteiger partial charge in [0.25, 0.3) is 0 Å². The largest absolute Gasteiger partial charge is 0.337 e. The van der Waals surface area contributed by atoms with Gasteiger partial charge in [0, 0.05) is 18.4 Å². The molecule has 0 saturated heterocycles. The van der Waals surface area contributed by atoms with Gasteiger partial charge in [0.1, 0.15) is 5.69 Å². The van der Waals surface area contributed by atoms with Crippen molar-refractivity contribution in [2.75, 3.05) is 0 Å². The summed E-state index contributed by atoms with van der Waals surface area (Å²) in [5.74, 6) is 1.02. The summed E-state index contributed by atoms with van der Waals surface area (Å²) in [5, 5.41) is 7.03. The van der Waals surface area contributed by atoms with Crippen molar-refractivity contribution in [1.29, 1.82) is 0 Å². The standard InChI is InChI=1S/C10H13N5O/c1-7(2)13-6-9-14-10(15-16-9)8-5-11-3-4-12-8/h3-5,7,13H,6H2,1-2H3. The lowest BCUT2D eigenvalue weighted by Gasteiger charge is -2.02. The van der Waals surface area contributed by atoms with Gasteiger partial charge in [-0.3, -0.25) is 4.98 Å². The van der Waals surface area contributed by atoms with E-state index < -0.39 is 0 Å². The molecule has 2 aromatic rings. The summed E-state index contributed by atoms with van der Waals surface area (Å²) >= 11 is 0. The molecule has 0 fully saturated rings. The van der Waals surface area contributed by atoms with E-state index >= 15 is 0 Å². The van der Waals surface area contributed by atoms with Crippen molar-refractivity contribution in [3.8, 4) is 11.5 Å². The molecule has 0 aliphatic heterocycles. The Morgan fingerprint density at radius 3 is 2.94 bits per heavy atom. The molecule has 0 aromatic carbocycles. The minimum Gasteiger partial charge on any atom is -0.337 e. The highest BCUT2D eigenvalue weighted by molar-refractivity contribution is 5.45. The summed E-state index contributed by atoms with van der Waals surface area (Å²) in [6.07, 6.45) is 4.80. The molecule has 0 amide bonds. The normalized spacial score (nSPS) is 10.9. The molecule has 2 heterocycles. The summed E-state index contributed by atoms with van der Waals surface area (Å²) in [6.45, 7) is 4.67. The SMILES string of the molecule is CC(C)NCc1nc(-c2cnccn2)no1. The van der Waals surface area contributed by atoms with E-state index in [9.17, 15) is 0 Å². The van der Waals surface area contributed by atoms with Crippen LogP contribution < -0.4 is 5.32 Å². The Hall–Kier alpha value is -1.82. The molecule has 6 heteroatoms. The Morgan fingerprint density at radius 2 is 2.25 bits per heavy atom. The van der Waals surface area contributed by atoms with E-state index in [0.29, 0.717) is 30.0 Å². The van der Waals surface area contributed by atoms with Gasteiger partial charge in [0.15, 0.2) is 0 Å². The molecule has 0 radical (unpaired) electrons. The number of hydrogen-bond acceptors (Lipinski definition) is 6. The Kier molecular flexibility index (Phi) is 3.21. The topological polar surface area (TPSA) is 76.7 Å². The number of nitrogens with one attached hydrogen (secondary N) is 1. The lowest BCUT2D eigenvalue weighted by molar-refractivity contribution is 0.362. The Labute approximate surface area is 93.1 Å². The highest BCUT2D eigenvalue weighted by Crippen LogP contribution is 2.10. The molecule has 1 N–H and O–H groups in total. The van der Waals surface area contributed by atoms with E-state index in [-0.39, 0.29) is 0 Å². The maximum atomic E-state index is 5.08. The van der Waals surface area contributed by atoms with Crippen molar-refractivity contribution in [3.63, 3.8) is 0 Å². The molecule has 16 heavy (non-hydrogen) atoms. The van der Waals surface area contributed by atoms with Crippen molar-refractivity contribution < 1.29 is 4.52 Å². The molecule has 0 spiro atoms. The molecule has 6 nitrogen and oxygen atoms in total. The second-order valence-corrected chi connectivity index (χ2v) is 3.64. The van der Waals surface area contributed by atoms with Crippen LogP contribution >= 0.6 is 0 Å². The van der Waals surface area contributed by atoms with Crippen LogP contribution in [0.15, 0.2) is 23.1 Å². The first-order chi connectivity index (χ1) is 7.75. The quantitative estimate of drug-likeness (QED) is 0.827. The van der Waals surface area contributed by atoms with Crippen LogP contribution in [0.25, 0.3) is 11.5 Å². The second kappa shape index (κ2) is 4.80. The first-order valence-corrected chi connectivity index (χ1v) is 5.08. The van der Waals surface area contributed by atoms with E-state index in [1.54, 1.807) is 18.6 Å². The van der Waals surface area contributed by atoms with E-state index in [4.69, 9.17) is 4.52 Å². The highest BCUT2D eigenvalue weighted by Gasteiger charge is 2.09. The summed E-state index contributed by atoms with van der Waals surface area (Å²) in [6, 6.07) is 0.381. The van der Waals surface area contributed by atoms with Gasteiger partial charge in [-0.2, -0.15) is 4.98 Å². The van der Waals surface area contributed by atoms with Crippen LogP contribution in [0.4, 0.5) is 0 Å². The molecule has 2 rings (SSSR count). The van der Waals surface area contributed by atoms with Crippen LogP contribution in [0.5, 0.6) is 0 Å². The van der Waals surface area contributed by atoms with Crippen molar-refractivity contribution in [3.05, 3.63) is 24.5 Å². The van der Waals surface area contributed by atoms with E-state index in [2.05, 4.69) is 39.3 Å². The number of aromatic nitrogens is 4. The van der Waals surface area contributed by atoms with Crippen LogP contribution in [0.1, 0.15) is 19.7 Å². The van der Waals surface area contributed by atoms with Crippen LogP contribution in [0.2, 0.25) is 0 Å². The van der Waals surface area contributed by atoms with Gasteiger partial charge in [-0.15, -0.1) is 0 Å². The number of nitrogens with zero attached hydrogens (tertiary/aromatic N) is 4. The monoisotopic (exact) mass is 219 g/mol. The molecule has 0 saturated carbocycles. The summed E-state index contributed by atoms with van der Waals surface area (Å²) in [4.78, 5) is 12.2. The van der Waals surface area contributed by atoms with Gasteiger partial charge in [0.05, 0.1) is 12.7 Å². The minimum absolute atomic E-state index is 0.381. The first kappa shape index (κ1) is 10.7. The van der Waals surface area contributed by atoms with Crippen LogP contribution in [0, 0.1) is 0 Å². The fourth-order valence-electron chi connectivity index (χ4n) is 1.14. The molecule has 2 aromatic heterocycles. The third kappa shape index (κ3) is 2.60. The van der Waals surface area contributed by atoms with Gasteiger partial charge in [-0.05, 0) is 0 Å². The molecule has 0 atom stereocenters. The zero-order chi connectivity index (χ0) is 11.4. The van der Waals surface area contributed by atoms with Crippen LogP contribution in [-0.2, 0) is 6.54 Å². The predicted molar refractivity (Wildman–Crippen MR) is 57.3 cm³/mol. The van der Waals surface area contributed by atoms with Gasteiger partial charge in [-0.25, -0.2) is 4.98 Å². The van der Waals surface area contributed by atoms with Crippen molar-refractivity contribution >= 4 is 0 Å². The Morgan fingerprint density at radius 1 is 1.38 bits per heavy atom. The lowest BCUT2D eigenvalue weighted by atomic mass is 10.4. The Balaban J connectivity index is 2.08. The van der Waals surface area contributed by atoms with Crippen molar-refractivity contribution in [1.82, 2.24) is 25.4 Å². The average molecular weight is 219 g/mol. The van der Waals surface area contributed by atoms with Gasteiger partial charge < -0.3 is 9.84 Å². The first-order valence-electron chi connectivity index (χ1n) is 5.08. The number of rotatable bonds is 4. The third-order valence-electron chi connectivity index (χ3n) is 1.92. The zero-order valence-corrected chi connectivity index (χ0v) is 9.21.